The minimum Gasteiger partial charge on any atom is -0.383 e. The van der Waals surface area contributed by atoms with E-state index in [1.54, 1.807) is 0 Å². The van der Waals surface area contributed by atoms with Crippen molar-refractivity contribution < 1.29 is 14.5 Å². The summed E-state index contributed by atoms with van der Waals surface area (Å²) in [6.45, 7) is 1.98. The zero-order chi connectivity index (χ0) is 15.8. The number of nitro groups is 1. The first kappa shape index (κ1) is 16.8. The molecule has 1 rings (SSSR count). The molecule has 0 radical (unpaired) electrons. The number of pyridine rings is 1. The van der Waals surface area contributed by atoms with E-state index in [1.807, 2.05) is 19.0 Å². The molecule has 0 atom stereocenters. The van der Waals surface area contributed by atoms with Crippen molar-refractivity contribution in [3.8, 4) is 0 Å². The Morgan fingerprint density at radius 1 is 1.52 bits per heavy atom. The minimum atomic E-state index is -0.631. The van der Waals surface area contributed by atoms with Crippen molar-refractivity contribution in [2.75, 3.05) is 46.1 Å². The molecule has 0 aliphatic rings. The third-order valence-electron chi connectivity index (χ3n) is 2.57. The monoisotopic (exact) mass is 297 g/mol. The molecule has 9 nitrogen and oxygen atoms in total. The Bertz CT molecular complexity index is 506. The number of nitrogens with zero attached hydrogens (tertiary/aromatic N) is 3. The van der Waals surface area contributed by atoms with Gasteiger partial charge in [0.15, 0.2) is 0 Å². The van der Waals surface area contributed by atoms with Crippen LogP contribution in [0.25, 0.3) is 0 Å². The van der Waals surface area contributed by atoms with Crippen molar-refractivity contribution in [1.29, 1.82) is 0 Å². The van der Waals surface area contributed by atoms with E-state index < -0.39 is 10.8 Å². The van der Waals surface area contributed by atoms with Crippen molar-refractivity contribution in [3.05, 3.63) is 27.9 Å². The fraction of sp³-hybridized carbons (Fsp3) is 0.500. The maximum atomic E-state index is 11.9. The van der Waals surface area contributed by atoms with Crippen molar-refractivity contribution in [1.82, 2.24) is 15.2 Å². The largest absolute Gasteiger partial charge is 0.383 e. The zero-order valence-electron chi connectivity index (χ0n) is 12.0. The summed E-state index contributed by atoms with van der Waals surface area (Å²) in [5.41, 5.74) is 5.25. The fourth-order valence-corrected chi connectivity index (χ4v) is 1.43. The molecule has 1 amide bonds. The quantitative estimate of drug-likeness (QED) is 0.389. The van der Waals surface area contributed by atoms with Gasteiger partial charge in [0.05, 0.1) is 23.7 Å². The predicted octanol–water partition coefficient (Wildman–Crippen LogP) is -0.120. The molecule has 1 aromatic rings. The van der Waals surface area contributed by atoms with Gasteiger partial charge >= 0.3 is 0 Å². The lowest BCUT2D eigenvalue weighted by atomic mass is 10.2. The van der Waals surface area contributed by atoms with Crippen LogP contribution in [0.15, 0.2) is 12.3 Å². The predicted molar refractivity (Wildman–Crippen MR) is 77.0 cm³/mol. The number of nitrogens with two attached hydrogens (primary N) is 1. The van der Waals surface area contributed by atoms with E-state index >= 15 is 0 Å². The summed E-state index contributed by atoms with van der Waals surface area (Å²) in [4.78, 5) is 27.5. The summed E-state index contributed by atoms with van der Waals surface area (Å²) >= 11 is 0. The Morgan fingerprint density at radius 2 is 2.24 bits per heavy atom. The van der Waals surface area contributed by atoms with Crippen molar-refractivity contribution in [2.24, 2.45) is 0 Å². The number of amides is 1. The highest BCUT2D eigenvalue weighted by Gasteiger charge is 2.16. The molecule has 9 heteroatoms. The van der Waals surface area contributed by atoms with E-state index in [9.17, 15) is 14.9 Å². The first-order valence-corrected chi connectivity index (χ1v) is 6.32. The van der Waals surface area contributed by atoms with Crippen LogP contribution in [0, 0.1) is 10.1 Å². The third-order valence-corrected chi connectivity index (χ3v) is 2.57. The van der Waals surface area contributed by atoms with E-state index in [1.165, 1.54) is 0 Å². The number of nitrogen functional groups attached to an aromatic ring is 1. The van der Waals surface area contributed by atoms with Crippen LogP contribution in [0.3, 0.4) is 0 Å². The summed E-state index contributed by atoms with van der Waals surface area (Å²) in [6.07, 6.45) is 1.01. The maximum Gasteiger partial charge on any atom is 0.288 e. The van der Waals surface area contributed by atoms with Crippen LogP contribution in [-0.2, 0) is 4.74 Å². The van der Waals surface area contributed by atoms with Gasteiger partial charge in [-0.25, -0.2) is 4.98 Å². The molecule has 116 valence electrons. The van der Waals surface area contributed by atoms with Gasteiger partial charge in [0.25, 0.3) is 11.6 Å². The number of nitrogens with one attached hydrogen (secondary N) is 1. The van der Waals surface area contributed by atoms with Gasteiger partial charge in [-0.3, -0.25) is 14.9 Å². The van der Waals surface area contributed by atoms with E-state index in [4.69, 9.17) is 10.5 Å². The number of hydrogen-bond donors (Lipinski definition) is 2. The SMILES string of the molecule is CN(C)CCOCCNC(=O)c1cc([N+](=O)[O-])cnc1N. The smallest absolute Gasteiger partial charge is 0.288 e. The van der Waals surface area contributed by atoms with Crippen molar-refractivity contribution in [2.45, 2.75) is 0 Å². The van der Waals surface area contributed by atoms with Gasteiger partial charge in [0.1, 0.15) is 12.0 Å². The molecule has 0 spiro atoms. The van der Waals surface area contributed by atoms with Crippen LogP contribution >= 0.6 is 0 Å². The number of rotatable bonds is 8. The van der Waals surface area contributed by atoms with Gasteiger partial charge in [0, 0.05) is 19.2 Å². The summed E-state index contributed by atoms with van der Waals surface area (Å²) in [5, 5.41) is 13.2. The zero-order valence-corrected chi connectivity index (χ0v) is 12.0. The highest BCUT2D eigenvalue weighted by Crippen LogP contribution is 2.16. The van der Waals surface area contributed by atoms with Crippen LogP contribution < -0.4 is 11.1 Å². The van der Waals surface area contributed by atoms with E-state index in [-0.39, 0.29) is 23.6 Å². The first-order valence-electron chi connectivity index (χ1n) is 6.32. The number of likely N-dealkylation sites (N-methyl/N-ethyl adjacent to an activating group) is 1. The Kier molecular flexibility index (Phi) is 6.50. The van der Waals surface area contributed by atoms with Crippen LogP contribution in [0.2, 0.25) is 0 Å². The van der Waals surface area contributed by atoms with Gasteiger partial charge in [-0.1, -0.05) is 0 Å². The lowest BCUT2D eigenvalue weighted by molar-refractivity contribution is -0.385. The Hall–Kier alpha value is -2.26. The maximum absolute atomic E-state index is 11.9. The second-order valence-electron chi connectivity index (χ2n) is 4.55. The molecule has 0 aromatic carbocycles. The molecule has 3 N–H and O–H groups in total. The Morgan fingerprint density at radius 3 is 2.86 bits per heavy atom. The molecule has 0 unspecified atom stereocenters. The van der Waals surface area contributed by atoms with Gasteiger partial charge in [-0.2, -0.15) is 0 Å². The molecule has 0 bridgehead atoms. The van der Waals surface area contributed by atoms with E-state index in [0.717, 1.165) is 18.8 Å². The van der Waals surface area contributed by atoms with Crippen molar-refractivity contribution >= 4 is 17.4 Å². The van der Waals surface area contributed by atoms with Gasteiger partial charge in [-0.15, -0.1) is 0 Å². The Labute approximate surface area is 122 Å². The number of carbonyl (C=O) groups is 1. The normalized spacial score (nSPS) is 10.6. The topological polar surface area (TPSA) is 124 Å². The summed E-state index contributed by atoms with van der Waals surface area (Å²) in [5.74, 6) is -0.563. The Balaban J connectivity index is 2.45. The number of carbonyl (C=O) groups excluding carboxylic acids is 1. The van der Waals surface area contributed by atoms with Gasteiger partial charge in [-0.05, 0) is 14.1 Å². The molecule has 0 fully saturated rings. The molecular formula is C12H19N5O4. The third kappa shape index (κ3) is 5.71. The molecule has 0 aliphatic carbocycles. The van der Waals surface area contributed by atoms with Crippen molar-refractivity contribution in [3.63, 3.8) is 0 Å². The lowest BCUT2D eigenvalue weighted by Crippen LogP contribution is -2.29. The van der Waals surface area contributed by atoms with Crippen LogP contribution in [-0.4, -0.2) is 61.1 Å². The molecule has 0 saturated carbocycles. The van der Waals surface area contributed by atoms with Crippen LogP contribution in [0.1, 0.15) is 10.4 Å². The molecular weight excluding hydrogens is 278 g/mol. The summed E-state index contributed by atoms with van der Waals surface area (Å²) < 4.78 is 5.31. The molecule has 1 heterocycles. The molecule has 21 heavy (non-hydrogen) atoms. The van der Waals surface area contributed by atoms with E-state index in [0.29, 0.717) is 13.2 Å². The van der Waals surface area contributed by atoms with Crippen LogP contribution in [0.4, 0.5) is 11.5 Å². The number of ether oxygens (including phenoxy) is 1. The van der Waals surface area contributed by atoms with Crippen LogP contribution in [0.5, 0.6) is 0 Å². The number of aromatic nitrogens is 1. The number of hydrogen-bond acceptors (Lipinski definition) is 7. The van der Waals surface area contributed by atoms with E-state index in [2.05, 4.69) is 10.3 Å². The minimum absolute atomic E-state index is 0.0162. The average Bonchev–Trinajstić information content (AvgIpc) is 2.42. The summed E-state index contributed by atoms with van der Waals surface area (Å²) in [6, 6.07) is 1.10. The lowest BCUT2D eigenvalue weighted by Gasteiger charge is -2.10. The number of anilines is 1. The first-order chi connectivity index (χ1) is 9.91. The summed E-state index contributed by atoms with van der Waals surface area (Å²) in [7, 11) is 3.87. The van der Waals surface area contributed by atoms with Gasteiger partial charge < -0.3 is 20.7 Å². The fourth-order valence-electron chi connectivity index (χ4n) is 1.43. The highest BCUT2D eigenvalue weighted by atomic mass is 16.6. The standard InChI is InChI=1S/C12H19N5O4/c1-16(2)4-6-21-5-3-14-12(18)10-7-9(17(19)20)8-15-11(10)13/h7-8H,3-6H2,1-2H3,(H2,13,15)(H,14,18). The molecule has 0 saturated heterocycles. The molecule has 0 aliphatic heterocycles. The molecule has 1 aromatic heterocycles. The highest BCUT2D eigenvalue weighted by molar-refractivity contribution is 5.98. The second kappa shape index (κ2) is 8.12. The second-order valence-corrected chi connectivity index (χ2v) is 4.55. The average molecular weight is 297 g/mol. The van der Waals surface area contributed by atoms with Gasteiger partial charge in [0.2, 0.25) is 0 Å².